The largest absolute Gasteiger partial charge is 0.490 e. The van der Waals surface area contributed by atoms with E-state index in [1.54, 1.807) is 43.3 Å². The number of carbonyl (C=O) groups is 3. The van der Waals surface area contributed by atoms with E-state index >= 15 is 0 Å². The van der Waals surface area contributed by atoms with Gasteiger partial charge < -0.3 is 8.92 Å². The highest BCUT2D eigenvalue weighted by Crippen LogP contribution is 2.39. The molecule has 1 saturated heterocycles. The monoisotopic (exact) mass is 598 g/mol. The van der Waals surface area contributed by atoms with Gasteiger partial charge in [0.05, 0.1) is 16.8 Å². The second kappa shape index (κ2) is 10.8. The number of carbonyl (C=O) groups excluding carboxylic acids is 3. The molecule has 0 aromatic heterocycles. The molecule has 3 aromatic carbocycles. The van der Waals surface area contributed by atoms with Crippen molar-refractivity contribution in [3.8, 4) is 11.5 Å². The Morgan fingerprint density at radius 2 is 1.55 bits per heavy atom. The molecule has 4 rings (SSSR count). The van der Waals surface area contributed by atoms with E-state index in [0.717, 1.165) is 16.0 Å². The summed E-state index contributed by atoms with van der Waals surface area (Å²) in [5.41, 5.74) is 2.17. The molecule has 0 unspecified atom stereocenters. The van der Waals surface area contributed by atoms with Gasteiger partial charge in [-0.05, 0) is 84.7 Å². The van der Waals surface area contributed by atoms with E-state index in [2.05, 4.69) is 21.2 Å². The lowest BCUT2D eigenvalue weighted by Gasteiger charge is -2.26. The standard InChI is InChI=1S/C27H23BrN2O7S/c1-4-36-23-15-18(14-22(28)24(23)37-38(34,35)20-11-7-17(3)8-12-20)13-21-25(31)29-27(33)30(26(21)32)19-9-5-16(2)6-10-19/h5-15H,4H2,1-3H3,(H,29,31,33)/b21-13+. The van der Waals surface area contributed by atoms with Gasteiger partial charge in [-0.2, -0.15) is 8.42 Å². The summed E-state index contributed by atoms with van der Waals surface area (Å²) in [6, 6.07) is 14.9. The highest BCUT2D eigenvalue weighted by molar-refractivity contribution is 9.10. The Hall–Kier alpha value is -3.96. The second-order valence-electron chi connectivity index (χ2n) is 8.41. The molecule has 1 N–H and O–H groups in total. The van der Waals surface area contributed by atoms with Gasteiger partial charge in [-0.15, -0.1) is 0 Å². The van der Waals surface area contributed by atoms with E-state index in [9.17, 15) is 22.8 Å². The maximum absolute atomic E-state index is 13.2. The Kier molecular flexibility index (Phi) is 7.70. The van der Waals surface area contributed by atoms with Crippen molar-refractivity contribution in [1.29, 1.82) is 0 Å². The summed E-state index contributed by atoms with van der Waals surface area (Å²) in [7, 11) is -4.19. The molecule has 0 aliphatic carbocycles. The van der Waals surface area contributed by atoms with Gasteiger partial charge in [0, 0.05) is 0 Å². The Balaban J connectivity index is 1.72. The van der Waals surface area contributed by atoms with Crippen LogP contribution in [0.5, 0.6) is 11.5 Å². The minimum atomic E-state index is -4.19. The van der Waals surface area contributed by atoms with Gasteiger partial charge in [0.15, 0.2) is 11.5 Å². The van der Waals surface area contributed by atoms with Crippen molar-refractivity contribution in [2.45, 2.75) is 25.7 Å². The zero-order valence-corrected chi connectivity index (χ0v) is 23.1. The molecule has 0 radical (unpaired) electrons. The number of barbiturate groups is 1. The first kappa shape index (κ1) is 27.1. The summed E-state index contributed by atoms with van der Waals surface area (Å²) >= 11 is 3.32. The molecule has 196 valence electrons. The van der Waals surface area contributed by atoms with Gasteiger partial charge in [0.25, 0.3) is 11.8 Å². The number of urea groups is 1. The molecular weight excluding hydrogens is 576 g/mol. The predicted molar refractivity (Wildman–Crippen MR) is 144 cm³/mol. The second-order valence-corrected chi connectivity index (χ2v) is 10.8. The fraction of sp³-hybridized carbons (Fsp3) is 0.148. The van der Waals surface area contributed by atoms with Crippen LogP contribution in [0.3, 0.4) is 0 Å². The lowest BCUT2D eigenvalue weighted by molar-refractivity contribution is -0.122. The number of nitrogens with one attached hydrogen (secondary N) is 1. The Morgan fingerprint density at radius 3 is 2.16 bits per heavy atom. The molecule has 4 amide bonds. The first-order chi connectivity index (χ1) is 18.0. The first-order valence-corrected chi connectivity index (χ1v) is 13.7. The molecule has 1 fully saturated rings. The number of hydrogen-bond donors (Lipinski definition) is 1. The normalized spacial score (nSPS) is 15.0. The van der Waals surface area contributed by atoms with Crippen molar-refractivity contribution in [1.82, 2.24) is 5.32 Å². The van der Waals surface area contributed by atoms with Gasteiger partial charge in [-0.3, -0.25) is 14.9 Å². The number of nitrogens with zero attached hydrogens (tertiary/aromatic N) is 1. The molecule has 1 aliphatic heterocycles. The van der Waals surface area contributed by atoms with E-state index in [1.807, 2.05) is 13.8 Å². The molecule has 0 saturated carbocycles. The number of halogens is 1. The van der Waals surface area contributed by atoms with Crippen LogP contribution in [0.2, 0.25) is 0 Å². The fourth-order valence-electron chi connectivity index (χ4n) is 3.63. The Morgan fingerprint density at radius 1 is 0.947 bits per heavy atom. The van der Waals surface area contributed by atoms with Crippen molar-refractivity contribution >= 4 is 55.7 Å². The third-order valence-electron chi connectivity index (χ3n) is 5.54. The number of aryl methyl sites for hydroxylation is 2. The summed E-state index contributed by atoms with van der Waals surface area (Å²) in [5, 5.41) is 2.17. The Labute approximate surface area is 228 Å². The van der Waals surface area contributed by atoms with Gasteiger partial charge in [-0.25, -0.2) is 9.69 Å². The van der Waals surface area contributed by atoms with Crippen molar-refractivity contribution in [2.75, 3.05) is 11.5 Å². The van der Waals surface area contributed by atoms with Crippen LogP contribution in [0.4, 0.5) is 10.5 Å². The van der Waals surface area contributed by atoms with Crippen LogP contribution in [0.15, 0.2) is 75.6 Å². The molecule has 9 nitrogen and oxygen atoms in total. The third kappa shape index (κ3) is 5.63. The summed E-state index contributed by atoms with van der Waals surface area (Å²) < 4.78 is 37.0. The molecule has 0 spiro atoms. The highest BCUT2D eigenvalue weighted by Gasteiger charge is 2.37. The molecule has 11 heteroatoms. The fourth-order valence-corrected chi connectivity index (χ4v) is 5.24. The minimum absolute atomic E-state index is 0.0334. The van der Waals surface area contributed by atoms with Crippen LogP contribution >= 0.6 is 15.9 Å². The number of rotatable bonds is 7. The molecule has 0 atom stereocenters. The van der Waals surface area contributed by atoms with Crippen molar-refractivity contribution in [2.24, 2.45) is 0 Å². The van der Waals surface area contributed by atoms with Crippen LogP contribution in [-0.2, 0) is 19.7 Å². The number of ether oxygens (including phenoxy) is 1. The molecule has 3 aromatic rings. The number of benzene rings is 3. The van der Waals surface area contributed by atoms with Gasteiger partial charge in [-0.1, -0.05) is 35.4 Å². The zero-order chi connectivity index (χ0) is 27.6. The SMILES string of the molecule is CCOc1cc(/C=C2\C(=O)NC(=O)N(c3ccc(C)cc3)C2=O)cc(Br)c1OS(=O)(=O)c1ccc(C)cc1. The molecule has 1 aliphatic rings. The average molecular weight is 599 g/mol. The van der Waals surface area contributed by atoms with Gasteiger partial charge in [0.2, 0.25) is 0 Å². The topological polar surface area (TPSA) is 119 Å². The smallest absolute Gasteiger partial charge is 0.339 e. The van der Waals surface area contributed by atoms with Crippen LogP contribution in [-0.4, -0.2) is 32.9 Å². The lowest BCUT2D eigenvalue weighted by Crippen LogP contribution is -2.54. The molecule has 38 heavy (non-hydrogen) atoms. The van der Waals surface area contributed by atoms with Crippen LogP contribution in [0, 0.1) is 13.8 Å². The molecular formula is C27H23BrN2O7S. The van der Waals surface area contributed by atoms with E-state index in [4.69, 9.17) is 8.92 Å². The van der Waals surface area contributed by atoms with E-state index in [-0.39, 0.29) is 33.0 Å². The van der Waals surface area contributed by atoms with E-state index < -0.39 is 28.0 Å². The number of imide groups is 2. The zero-order valence-electron chi connectivity index (χ0n) is 20.6. The maximum atomic E-state index is 13.2. The van der Waals surface area contributed by atoms with Crippen LogP contribution in [0.1, 0.15) is 23.6 Å². The van der Waals surface area contributed by atoms with Gasteiger partial charge >= 0.3 is 16.1 Å². The van der Waals surface area contributed by atoms with E-state index in [1.165, 1.54) is 30.3 Å². The van der Waals surface area contributed by atoms with E-state index in [0.29, 0.717) is 11.3 Å². The number of amides is 4. The summed E-state index contributed by atoms with van der Waals surface area (Å²) in [6.07, 6.45) is 1.29. The summed E-state index contributed by atoms with van der Waals surface area (Å²) in [6.45, 7) is 5.59. The summed E-state index contributed by atoms with van der Waals surface area (Å²) in [4.78, 5) is 39.1. The average Bonchev–Trinajstić information content (AvgIpc) is 2.85. The number of anilines is 1. The molecule has 1 heterocycles. The summed E-state index contributed by atoms with van der Waals surface area (Å²) in [5.74, 6) is -1.69. The van der Waals surface area contributed by atoms with Crippen LogP contribution in [0.25, 0.3) is 6.08 Å². The maximum Gasteiger partial charge on any atom is 0.339 e. The number of hydrogen-bond acceptors (Lipinski definition) is 7. The quantitative estimate of drug-likeness (QED) is 0.233. The third-order valence-corrected chi connectivity index (χ3v) is 7.36. The Bertz CT molecular complexity index is 1560. The van der Waals surface area contributed by atoms with Crippen molar-refractivity contribution in [3.05, 3.63) is 87.4 Å². The minimum Gasteiger partial charge on any atom is -0.490 e. The van der Waals surface area contributed by atoms with Crippen LogP contribution < -0.4 is 19.1 Å². The predicted octanol–water partition coefficient (Wildman–Crippen LogP) is 4.90. The highest BCUT2D eigenvalue weighted by atomic mass is 79.9. The van der Waals surface area contributed by atoms with Crippen molar-refractivity contribution < 1.29 is 31.7 Å². The van der Waals surface area contributed by atoms with Crippen molar-refractivity contribution in [3.63, 3.8) is 0 Å². The first-order valence-electron chi connectivity index (χ1n) is 11.5. The molecule has 0 bridgehead atoms. The van der Waals surface area contributed by atoms with Gasteiger partial charge in [0.1, 0.15) is 10.5 Å². The lowest BCUT2D eigenvalue weighted by atomic mass is 10.1.